The largest absolute Gasteiger partial charge is 0.444 e. The second-order valence-electron chi connectivity index (χ2n) is 45.3. The molecule has 8 heterocycles. The quantitative estimate of drug-likeness (QED) is 0.0273. The molecular weight excluding hydrogens is 1840 g/mol. The van der Waals surface area contributed by atoms with E-state index in [-0.39, 0.29) is 71.5 Å². The van der Waals surface area contributed by atoms with E-state index in [4.69, 9.17) is 21.3 Å². The van der Waals surface area contributed by atoms with Gasteiger partial charge in [-0.1, -0.05) is 85.6 Å². The lowest BCUT2D eigenvalue weighted by Crippen LogP contribution is -2.61. The number of piperidine rings is 6. The predicted molar refractivity (Wildman–Crippen MR) is 576 cm³/mol. The van der Waals surface area contributed by atoms with Crippen molar-refractivity contribution in [1.29, 1.82) is 0 Å². The number of benzene rings is 5. The molecule has 5 aromatic rings. The highest BCUT2D eigenvalue weighted by molar-refractivity contribution is 7.92. The Labute approximate surface area is 850 Å². The van der Waals surface area contributed by atoms with Crippen LogP contribution in [-0.4, -0.2) is 295 Å². The van der Waals surface area contributed by atoms with Gasteiger partial charge in [0.15, 0.2) is 0 Å². The van der Waals surface area contributed by atoms with Crippen molar-refractivity contribution in [2.45, 2.75) is 343 Å². The van der Waals surface area contributed by atoms with E-state index < -0.39 is 37.7 Å². The normalized spacial score (nSPS) is 19.9. The van der Waals surface area contributed by atoms with Crippen molar-refractivity contribution >= 4 is 90.3 Å². The lowest BCUT2D eigenvalue weighted by molar-refractivity contribution is -0.000213. The number of nitrogens with two attached hydrogens (primary N) is 2. The van der Waals surface area contributed by atoms with Gasteiger partial charge in [0, 0.05) is 210 Å². The van der Waals surface area contributed by atoms with Crippen LogP contribution in [0.5, 0.6) is 0 Å². The number of nitrogens with one attached hydrogen (secondary N) is 10. The summed E-state index contributed by atoms with van der Waals surface area (Å²) in [6.45, 7) is 57.7. The van der Waals surface area contributed by atoms with E-state index >= 15 is 0 Å². The number of fused-ring (bicyclic) bond motifs is 2. The Hall–Kier alpha value is -9.14. The molecule has 142 heavy (non-hydrogen) atoms. The predicted octanol–water partition coefficient (Wildman–Crippen LogP) is 15.9. The van der Waals surface area contributed by atoms with Gasteiger partial charge in [-0.15, -0.1) is 0 Å². The smallest absolute Gasteiger partial charge is 0.410 e. The summed E-state index contributed by atoms with van der Waals surface area (Å²) in [5, 5.41) is 33.6. The molecule has 35 heteroatoms. The van der Waals surface area contributed by atoms with E-state index in [9.17, 15) is 45.6 Å². The van der Waals surface area contributed by atoms with Crippen LogP contribution in [0, 0.1) is 5.92 Å². The number of amides is 10. The minimum Gasteiger partial charge on any atom is -0.444 e. The van der Waals surface area contributed by atoms with Gasteiger partial charge in [0.05, 0.1) is 42.7 Å². The molecule has 10 amide bonds. The molecule has 0 aromatic heterocycles. The monoisotopic (exact) mass is 2010 g/mol. The van der Waals surface area contributed by atoms with Gasteiger partial charge >= 0.3 is 30.2 Å². The van der Waals surface area contributed by atoms with Gasteiger partial charge < -0.3 is 88.3 Å². The summed E-state index contributed by atoms with van der Waals surface area (Å²) < 4.78 is 56.6. The fourth-order valence-electron chi connectivity index (χ4n) is 20.3. The van der Waals surface area contributed by atoms with E-state index in [0.717, 1.165) is 202 Å². The Kier molecular flexibility index (Phi) is 43.7. The van der Waals surface area contributed by atoms with Crippen LogP contribution in [0.2, 0.25) is 0 Å². The molecule has 7 saturated heterocycles. The molecule has 1 saturated carbocycles. The number of aliphatic hydroxyl groups is 1. The number of aliphatic hydroxyl groups excluding tert-OH is 1. The summed E-state index contributed by atoms with van der Waals surface area (Å²) in [5.41, 5.74) is 19.3. The molecule has 2 atom stereocenters. The number of primary amides is 2. The second kappa shape index (κ2) is 53.3. The van der Waals surface area contributed by atoms with Gasteiger partial charge in [0.2, 0.25) is 20.0 Å². The lowest BCUT2D eigenvalue weighted by Gasteiger charge is -2.47. The highest BCUT2D eigenvalue weighted by atomic mass is 32.2. The van der Waals surface area contributed by atoms with Gasteiger partial charge in [-0.2, -0.15) is 0 Å². The van der Waals surface area contributed by atoms with Crippen molar-refractivity contribution in [3.05, 3.63) is 143 Å². The second-order valence-corrected chi connectivity index (χ2v) is 48.8. The summed E-state index contributed by atoms with van der Waals surface area (Å²) in [6, 6.07) is 38.4. The zero-order chi connectivity index (χ0) is 104. The molecule has 0 spiro atoms. The summed E-state index contributed by atoms with van der Waals surface area (Å²) in [4.78, 5) is 93.4. The minimum atomic E-state index is -3.26. The molecule has 9 aliphatic rings. The molecule has 0 radical (unpaired) electrons. The van der Waals surface area contributed by atoms with E-state index in [2.05, 4.69) is 197 Å². The zero-order valence-electron chi connectivity index (χ0n) is 89.4. The number of carbonyl (C=O) groups excluding carboxylic acids is 6. The molecule has 33 nitrogen and oxygen atoms in total. The summed E-state index contributed by atoms with van der Waals surface area (Å²) >= 11 is 0. The third-order valence-electron chi connectivity index (χ3n) is 28.6. The molecule has 15 N–H and O–H groups in total. The molecule has 2 unspecified atom stereocenters. The van der Waals surface area contributed by atoms with Crippen LogP contribution < -0.4 is 63.4 Å². The number of urea groups is 4. The first-order valence-electron chi connectivity index (χ1n) is 52.0. The number of hydrogen-bond acceptors (Lipinski definition) is 21. The average Bonchev–Trinajstić information content (AvgIpc) is 0.791. The van der Waals surface area contributed by atoms with Crippen LogP contribution in [0.3, 0.4) is 0 Å². The molecule has 1 aliphatic carbocycles. The Morgan fingerprint density at radius 3 is 1.35 bits per heavy atom. The molecule has 14 rings (SSSR count). The highest BCUT2D eigenvalue weighted by Gasteiger charge is 2.42. The standard InChI is InChI=1S/C22H36N4O3.C20H30N4O3.C17H28N4O.C17H29N3O2S.C16H29N3O.C15H25N3O2S/c1-21(2,3)25-13-11-17(12-14-25)26(20(28)29-22(4,5)6)15-16-9-7-8-10-18(16)24-19(23)27;1-20(2,3)23-9-6-16(7-10-23)24-13-15-5-4-14(18(26)21-8-11-25)12-17(15)22-19(24)27;1-17(2,3)21-10-8-14(9-11-21)19-12-13-6-4-5-7-15(13)20-16(18)22;1-17(2,3)20-11-9-15(10-12-20)18-13-14-7-5-6-8-16(14)19-23(4,21)22;1-12(2)18-9-7-14(8-10-18)19-11-13-5-3-4-6-15(13)17-16(19)20;1-12(2)18-10-8-13(9-11-18)16-14-6-4-5-7-15(14)17-21(3,19)20/h7-10,17H,11-15H2,1-6H3,(H3,23,24,27);4-5,12,16,25H,6-11,13H2,1-3H3,(H,21,26)(H,22,27);4-7,14,19H,8-12H2,1-3H3,(H3,18,20,22);5-8,15,18-19H,9-13H2,1-4H3;12-15H,3-11H2,1-2H3,(H,17,20);4-7,12-13,16-17H,8-11H2,1-3H3. The molecule has 8 fully saturated rings. The number of carbonyl (C=O) groups is 6. The Balaban J connectivity index is 0.000000191. The maximum atomic E-state index is 13.1. The highest BCUT2D eigenvalue weighted by Crippen LogP contribution is 2.36. The van der Waals surface area contributed by atoms with Gasteiger partial charge in [0.1, 0.15) is 5.60 Å². The summed E-state index contributed by atoms with van der Waals surface area (Å²) in [7, 11) is -6.51. The van der Waals surface area contributed by atoms with Crippen LogP contribution >= 0.6 is 0 Å². The number of ether oxygens (including phenoxy) is 1. The van der Waals surface area contributed by atoms with Gasteiger partial charge in [-0.3, -0.25) is 33.8 Å². The maximum absolute atomic E-state index is 13.1. The fourth-order valence-corrected chi connectivity index (χ4v) is 21.4. The Bertz CT molecular complexity index is 5040. The van der Waals surface area contributed by atoms with E-state index in [1.807, 2.05) is 111 Å². The average molecular weight is 2010 g/mol. The first kappa shape index (κ1) is 116. The lowest BCUT2D eigenvalue weighted by atomic mass is 9.82. The first-order valence-corrected chi connectivity index (χ1v) is 55.7. The topological polar surface area (TPSA) is 402 Å². The number of sulfonamides is 2. The van der Waals surface area contributed by atoms with Gasteiger partial charge in [-0.05, 0) is 292 Å². The van der Waals surface area contributed by atoms with Crippen molar-refractivity contribution in [3.63, 3.8) is 0 Å². The number of anilines is 6. The van der Waals surface area contributed by atoms with Gasteiger partial charge in [-0.25, -0.2) is 40.8 Å². The maximum Gasteiger partial charge on any atom is 0.410 e. The summed E-state index contributed by atoms with van der Waals surface area (Å²) in [5.74, 6) is 0.447. The molecule has 0 bridgehead atoms. The number of likely N-dealkylation sites (tertiary alicyclic amines) is 6. The molecular formula is C107H177N21O12S2. The van der Waals surface area contributed by atoms with Crippen LogP contribution in [-0.2, 0) is 51.0 Å². The third kappa shape index (κ3) is 38.4. The van der Waals surface area contributed by atoms with Crippen LogP contribution in [0.1, 0.15) is 267 Å². The van der Waals surface area contributed by atoms with Crippen molar-refractivity contribution < 1.29 is 55.4 Å². The SMILES string of the molecule is CC(C)(C)N1CCC(N2Cc3ccc(C(=O)NCCO)cc3NC2=O)CC1.CC(C)(C)N1CCC(NCc2ccccc2NC(N)=O)CC1.CC(C)(C)N1CCC(NCc2ccccc2NS(C)(=O)=O)CC1.CC(C)(C)OC(=O)N(Cc1ccccc1NC(N)=O)C1CCN(C(C)(C)C)CC1.CC(C)N1CCC(N2CC3CCCCC3NC2=O)CC1.CC(C)N1CCC(Nc2ccccc2NS(C)(=O)=O)CC1. The number of hydrogen-bond donors (Lipinski definition) is 13. The van der Waals surface area contributed by atoms with Crippen molar-refractivity contribution in [3.8, 4) is 0 Å². The van der Waals surface area contributed by atoms with Crippen molar-refractivity contribution in [2.75, 3.05) is 141 Å². The van der Waals surface area contributed by atoms with E-state index in [1.54, 1.807) is 35.2 Å². The van der Waals surface area contributed by atoms with Crippen LogP contribution in [0.25, 0.3) is 0 Å². The van der Waals surface area contributed by atoms with E-state index in [1.165, 1.54) is 38.2 Å². The van der Waals surface area contributed by atoms with Crippen LogP contribution in [0.15, 0.2) is 115 Å². The van der Waals surface area contributed by atoms with Crippen LogP contribution in [0.4, 0.5) is 58.1 Å². The van der Waals surface area contributed by atoms with Gasteiger partial charge in [0.25, 0.3) is 5.91 Å². The minimum absolute atomic E-state index is 0.0742. The van der Waals surface area contributed by atoms with Crippen molar-refractivity contribution in [1.82, 2.24) is 65.4 Å². The Morgan fingerprint density at radius 1 is 0.479 bits per heavy atom. The van der Waals surface area contributed by atoms with Crippen molar-refractivity contribution in [2.24, 2.45) is 17.4 Å². The number of nitrogens with zero attached hydrogens (tertiary/aromatic N) is 9. The molecule has 794 valence electrons. The summed E-state index contributed by atoms with van der Waals surface area (Å²) in [6.07, 6.45) is 19.8. The zero-order valence-corrected chi connectivity index (χ0v) is 91.1. The fraction of sp³-hybridized carbons (Fsp3) is 0.664. The van der Waals surface area contributed by atoms with E-state index in [0.29, 0.717) is 96.2 Å². The number of rotatable bonds is 24. The molecule has 5 aromatic carbocycles. The molecule has 8 aliphatic heterocycles. The number of para-hydroxylation sites is 5. The Morgan fingerprint density at radius 2 is 0.880 bits per heavy atom. The first-order chi connectivity index (χ1) is 66.7. The third-order valence-corrected chi connectivity index (χ3v) is 29.8.